The Morgan fingerprint density at radius 1 is 0.897 bits per heavy atom. The molecule has 1 fully saturated rings. The highest BCUT2D eigenvalue weighted by Gasteiger charge is 2.30. The largest absolute Gasteiger partial charge is 0.483 e. The van der Waals surface area contributed by atoms with E-state index in [0.29, 0.717) is 26.2 Å². The van der Waals surface area contributed by atoms with Gasteiger partial charge in [-0.3, -0.25) is 4.79 Å². The highest BCUT2D eigenvalue weighted by molar-refractivity contribution is 7.89. The topological polar surface area (TPSA) is 66.9 Å². The monoisotopic (exact) mass is 414 g/mol. The Balaban J connectivity index is 1.33. The van der Waals surface area contributed by atoms with Crippen molar-refractivity contribution >= 4 is 15.9 Å². The molecule has 2 aromatic rings. The highest BCUT2D eigenvalue weighted by Crippen LogP contribution is 2.29. The molecule has 1 aliphatic heterocycles. The van der Waals surface area contributed by atoms with Crippen LogP contribution in [0.4, 0.5) is 0 Å². The fourth-order valence-electron chi connectivity index (χ4n) is 4.03. The lowest BCUT2D eigenvalue weighted by Crippen LogP contribution is -2.51. The summed E-state index contributed by atoms with van der Waals surface area (Å²) in [5.74, 6) is 0.705. The molecule has 2 aromatic carbocycles. The summed E-state index contributed by atoms with van der Waals surface area (Å²) < 4.78 is 32.7. The third-order valence-electron chi connectivity index (χ3n) is 5.68. The predicted molar refractivity (Wildman–Crippen MR) is 110 cm³/mol. The molecule has 0 aromatic heterocycles. The van der Waals surface area contributed by atoms with Gasteiger partial charge in [0.2, 0.25) is 10.0 Å². The molecule has 0 N–H and O–H groups in total. The summed E-state index contributed by atoms with van der Waals surface area (Å²) in [6.07, 6.45) is 4.42. The lowest BCUT2D eigenvalue weighted by molar-refractivity contribution is -0.134. The maximum absolute atomic E-state index is 12.7. The fraction of sp³-hybridized carbons (Fsp3) is 0.409. The van der Waals surface area contributed by atoms with E-state index in [0.717, 1.165) is 25.0 Å². The van der Waals surface area contributed by atoms with Crippen LogP contribution in [0.3, 0.4) is 0 Å². The maximum atomic E-state index is 12.7. The van der Waals surface area contributed by atoms with Crippen molar-refractivity contribution in [3.8, 4) is 5.75 Å². The first-order chi connectivity index (χ1) is 14.1. The quantitative estimate of drug-likeness (QED) is 0.754. The Kier molecular flexibility index (Phi) is 5.87. The van der Waals surface area contributed by atoms with Gasteiger partial charge >= 0.3 is 0 Å². The van der Waals surface area contributed by atoms with Gasteiger partial charge < -0.3 is 9.64 Å². The lowest BCUT2D eigenvalue weighted by Gasteiger charge is -2.34. The Hall–Kier alpha value is -2.38. The summed E-state index contributed by atoms with van der Waals surface area (Å²) in [6, 6.07) is 14.5. The molecule has 7 heteroatoms. The van der Waals surface area contributed by atoms with Crippen molar-refractivity contribution in [3.63, 3.8) is 0 Å². The number of nitrogens with zero attached hydrogens (tertiary/aromatic N) is 2. The van der Waals surface area contributed by atoms with Gasteiger partial charge in [0.05, 0.1) is 4.90 Å². The number of rotatable bonds is 5. The molecule has 29 heavy (non-hydrogen) atoms. The van der Waals surface area contributed by atoms with Gasteiger partial charge in [-0.2, -0.15) is 4.31 Å². The van der Waals surface area contributed by atoms with Crippen molar-refractivity contribution in [2.75, 3.05) is 32.8 Å². The van der Waals surface area contributed by atoms with Crippen LogP contribution in [0.25, 0.3) is 0 Å². The Bertz CT molecular complexity index is 968. The zero-order valence-corrected chi connectivity index (χ0v) is 17.2. The molecular formula is C22H26N2O4S. The molecule has 1 heterocycles. The average Bonchev–Trinajstić information content (AvgIpc) is 2.78. The smallest absolute Gasteiger partial charge is 0.260 e. The molecule has 1 aliphatic carbocycles. The molecule has 154 valence electrons. The lowest BCUT2D eigenvalue weighted by atomic mass is 9.91. The number of amides is 1. The maximum Gasteiger partial charge on any atom is 0.260 e. The van der Waals surface area contributed by atoms with E-state index in [2.05, 4.69) is 6.07 Å². The molecule has 2 aliphatic rings. The van der Waals surface area contributed by atoms with Gasteiger partial charge in [0, 0.05) is 26.2 Å². The summed E-state index contributed by atoms with van der Waals surface area (Å²) in [6.45, 7) is 1.33. The van der Waals surface area contributed by atoms with Crippen LogP contribution in [-0.4, -0.2) is 56.3 Å². The van der Waals surface area contributed by atoms with Crippen molar-refractivity contribution in [3.05, 3.63) is 59.7 Å². The van der Waals surface area contributed by atoms with Crippen LogP contribution in [0.1, 0.15) is 24.0 Å². The van der Waals surface area contributed by atoms with Gasteiger partial charge in [-0.15, -0.1) is 0 Å². The summed E-state index contributed by atoms with van der Waals surface area (Å²) in [7, 11) is -3.51. The van der Waals surface area contributed by atoms with Crippen molar-refractivity contribution in [1.29, 1.82) is 0 Å². The molecule has 1 saturated heterocycles. The third-order valence-corrected chi connectivity index (χ3v) is 7.59. The number of aryl methyl sites for hydroxylation is 1. The Labute approximate surface area is 172 Å². The number of benzene rings is 2. The van der Waals surface area contributed by atoms with E-state index in [4.69, 9.17) is 4.74 Å². The number of piperazine rings is 1. The van der Waals surface area contributed by atoms with Gasteiger partial charge in [-0.05, 0) is 55.0 Å². The molecule has 0 radical (unpaired) electrons. The first-order valence-corrected chi connectivity index (χ1v) is 11.6. The minimum atomic E-state index is -3.51. The van der Waals surface area contributed by atoms with Gasteiger partial charge in [0.1, 0.15) is 5.75 Å². The van der Waals surface area contributed by atoms with Crippen LogP contribution in [0, 0.1) is 0 Å². The number of hydrogen-bond donors (Lipinski definition) is 0. The minimum Gasteiger partial charge on any atom is -0.483 e. The highest BCUT2D eigenvalue weighted by atomic mass is 32.2. The zero-order chi connectivity index (χ0) is 20.3. The van der Waals surface area contributed by atoms with E-state index < -0.39 is 10.0 Å². The number of carbonyl (C=O) groups is 1. The number of carbonyl (C=O) groups excluding carboxylic acids is 1. The van der Waals surface area contributed by atoms with E-state index >= 15 is 0 Å². The fourth-order valence-corrected chi connectivity index (χ4v) is 5.47. The van der Waals surface area contributed by atoms with Crippen molar-refractivity contribution < 1.29 is 17.9 Å². The van der Waals surface area contributed by atoms with Crippen LogP contribution < -0.4 is 4.74 Å². The SMILES string of the molecule is O=C(COc1cccc2c1CCCC2)N1CCN(S(=O)(=O)c2ccccc2)CC1. The summed E-state index contributed by atoms with van der Waals surface area (Å²) >= 11 is 0. The van der Waals surface area contributed by atoms with Crippen molar-refractivity contribution in [2.45, 2.75) is 30.6 Å². The number of sulfonamides is 1. The summed E-state index contributed by atoms with van der Waals surface area (Å²) in [4.78, 5) is 14.6. The normalized spacial score (nSPS) is 17.6. The van der Waals surface area contributed by atoms with Crippen LogP contribution in [0.15, 0.2) is 53.4 Å². The van der Waals surface area contributed by atoms with Crippen LogP contribution >= 0.6 is 0 Å². The standard InChI is InChI=1S/C22H26N2O4S/c25-22(17-28-21-12-6-8-18-7-4-5-11-20(18)21)23-13-15-24(16-14-23)29(26,27)19-9-2-1-3-10-19/h1-3,6,8-10,12H,4-5,7,11,13-17H2. The second kappa shape index (κ2) is 8.55. The van der Waals surface area contributed by atoms with E-state index in [1.807, 2.05) is 12.1 Å². The van der Waals surface area contributed by atoms with Gasteiger partial charge in [-0.1, -0.05) is 30.3 Å². The molecule has 0 unspecified atom stereocenters. The van der Waals surface area contributed by atoms with E-state index in [1.165, 1.54) is 21.9 Å². The summed E-state index contributed by atoms with van der Waals surface area (Å²) in [5.41, 5.74) is 2.55. The van der Waals surface area contributed by atoms with E-state index in [-0.39, 0.29) is 17.4 Å². The average molecular weight is 415 g/mol. The number of fused-ring (bicyclic) bond motifs is 1. The molecule has 0 spiro atoms. The molecule has 0 saturated carbocycles. The molecular weight excluding hydrogens is 388 g/mol. The van der Waals surface area contributed by atoms with E-state index in [9.17, 15) is 13.2 Å². The van der Waals surface area contributed by atoms with Gasteiger partial charge in [-0.25, -0.2) is 8.42 Å². The molecule has 0 bridgehead atoms. The van der Waals surface area contributed by atoms with Crippen LogP contribution in [0.2, 0.25) is 0 Å². The predicted octanol–water partition coefficient (Wildman–Crippen LogP) is 2.48. The number of ether oxygens (including phenoxy) is 1. The molecule has 6 nitrogen and oxygen atoms in total. The zero-order valence-electron chi connectivity index (χ0n) is 16.4. The second-order valence-corrected chi connectivity index (χ2v) is 9.43. The first kappa shape index (κ1) is 19.9. The van der Waals surface area contributed by atoms with Crippen LogP contribution in [-0.2, 0) is 27.7 Å². The van der Waals surface area contributed by atoms with Crippen molar-refractivity contribution in [2.24, 2.45) is 0 Å². The Morgan fingerprint density at radius 2 is 1.62 bits per heavy atom. The van der Waals surface area contributed by atoms with Crippen LogP contribution in [0.5, 0.6) is 5.75 Å². The third kappa shape index (κ3) is 4.31. The molecule has 0 atom stereocenters. The van der Waals surface area contributed by atoms with E-state index in [1.54, 1.807) is 35.2 Å². The summed E-state index contributed by atoms with van der Waals surface area (Å²) in [5, 5.41) is 0. The first-order valence-electron chi connectivity index (χ1n) is 10.1. The number of hydrogen-bond acceptors (Lipinski definition) is 4. The Morgan fingerprint density at radius 3 is 2.38 bits per heavy atom. The van der Waals surface area contributed by atoms with Crippen molar-refractivity contribution in [1.82, 2.24) is 9.21 Å². The molecule has 1 amide bonds. The second-order valence-electron chi connectivity index (χ2n) is 7.49. The minimum absolute atomic E-state index is 0.0120. The van der Waals surface area contributed by atoms with Gasteiger partial charge in [0.25, 0.3) is 5.91 Å². The van der Waals surface area contributed by atoms with Gasteiger partial charge in [0.15, 0.2) is 6.61 Å². The molecule has 4 rings (SSSR count).